The molecule has 0 unspecified atom stereocenters. The lowest BCUT2D eigenvalue weighted by molar-refractivity contribution is -0.139. The van der Waals surface area contributed by atoms with Crippen LogP contribution in [0.3, 0.4) is 0 Å². The molecule has 2 aromatic rings. The quantitative estimate of drug-likeness (QED) is 0.444. The van der Waals surface area contributed by atoms with Crippen molar-refractivity contribution in [1.82, 2.24) is 15.3 Å². The fraction of sp³-hybridized carbons (Fsp3) is 0.316. The summed E-state index contributed by atoms with van der Waals surface area (Å²) in [4.78, 5) is 23.3. The van der Waals surface area contributed by atoms with Crippen LogP contribution < -0.4 is 10.7 Å². The molecule has 0 aliphatic heterocycles. The van der Waals surface area contributed by atoms with Gasteiger partial charge >= 0.3 is 11.8 Å². The summed E-state index contributed by atoms with van der Waals surface area (Å²) in [6.07, 6.45) is 1.55. The molecule has 1 aromatic carbocycles. The number of aromatic nitrogens is 1. The number of hydrazone groups is 1. The molecule has 0 radical (unpaired) electrons. The number of hydrogen-bond donors (Lipinski definition) is 2. The Kier molecular flexibility index (Phi) is 6.74. The first kappa shape index (κ1) is 19.9. The van der Waals surface area contributed by atoms with Crippen LogP contribution in [0, 0.1) is 19.8 Å². The van der Waals surface area contributed by atoms with Crippen LogP contribution in [0.25, 0.3) is 5.69 Å². The third kappa shape index (κ3) is 5.05. The van der Waals surface area contributed by atoms with E-state index in [2.05, 4.69) is 36.3 Å². The zero-order valence-electron chi connectivity index (χ0n) is 15.3. The van der Waals surface area contributed by atoms with Gasteiger partial charge in [-0.05, 0) is 50.1 Å². The molecule has 0 aliphatic carbocycles. The second kappa shape index (κ2) is 8.80. The highest BCUT2D eigenvalue weighted by Gasteiger charge is 2.13. The van der Waals surface area contributed by atoms with Crippen molar-refractivity contribution in [3.8, 4) is 5.69 Å². The highest BCUT2D eigenvalue weighted by atomic mass is 79.9. The molecule has 1 aromatic heterocycles. The number of hydrogen-bond acceptors (Lipinski definition) is 3. The van der Waals surface area contributed by atoms with Gasteiger partial charge in [-0.15, -0.1) is 0 Å². The SMILES string of the molecule is Cc1cc(/C=N\NC(=O)C(=O)NCC(C)C)c(C)n1-c1ccc(Br)cc1. The zero-order valence-corrected chi connectivity index (χ0v) is 16.9. The molecule has 0 aliphatic rings. The van der Waals surface area contributed by atoms with Gasteiger partial charge in [-0.25, -0.2) is 5.43 Å². The number of carbonyl (C=O) groups is 2. The third-order valence-corrected chi connectivity index (χ3v) is 4.33. The smallest absolute Gasteiger partial charge is 0.329 e. The van der Waals surface area contributed by atoms with E-state index < -0.39 is 11.8 Å². The van der Waals surface area contributed by atoms with E-state index in [-0.39, 0.29) is 5.92 Å². The van der Waals surface area contributed by atoms with Crippen molar-refractivity contribution in [2.45, 2.75) is 27.7 Å². The van der Waals surface area contributed by atoms with Crippen molar-refractivity contribution in [1.29, 1.82) is 0 Å². The van der Waals surface area contributed by atoms with Gasteiger partial charge in [0.2, 0.25) is 0 Å². The number of benzene rings is 1. The number of aryl methyl sites for hydroxylation is 1. The summed E-state index contributed by atoms with van der Waals surface area (Å²) in [5, 5.41) is 6.45. The Morgan fingerprint density at radius 1 is 1.19 bits per heavy atom. The lowest BCUT2D eigenvalue weighted by Gasteiger charge is -2.09. The Bertz CT molecular complexity index is 823. The second-order valence-corrected chi connectivity index (χ2v) is 7.36. The summed E-state index contributed by atoms with van der Waals surface area (Å²) in [6, 6.07) is 9.99. The predicted molar refractivity (Wildman–Crippen MR) is 107 cm³/mol. The van der Waals surface area contributed by atoms with Crippen LogP contribution in [0.2, 0.25) is 0 Å². The third-order valence-electron chi connectivity index (χ3n) is 3.80. The number of rotatable bonds is 5. The molecule has 2 amide bonds. The van der Waals surface area contributed by atoms with Gasteiger partial charge in [0.15, 0.2) is 0 Å². The average molecular weight is 419 g/mol. The van der Waals surface area contributed by atoms with Gasteiger partial charge in [0, 0.05) is 33.7 Å². The molecular weight excluding hydrogens is 396 g/mol. The average Bonchev–Trinajstić information content (AvgIpc) is 2.87. The van der Waals surface area contributed by atoms with Crippen LogP contribution in [-0.4, -0.2) is 29.1 Å². The summed E-state index contributed by atoms with van der Waals surface area (Å²) in [5.41, 5.74) is 6.21. The maximum Gasteiger partial charge on any atom is 0.329 e. The Morgan fingerprint density at radius 3 is 2.46 bits per heavy atom. The first-order valence-corrected chi connectivity index (χ1v) is 9.15. The maximum absolute atomic E-state index is 11.7. The molecule has 1 heterocycles. The molecule has 0 bridgehead atoms. The standard InChI is InChI=1S/C19H23BrN4O2/c1-12(2)10-21-18(25)19(26)23-22-11-15-9-13(3)24(14(15)4)17-7-5-16(20)6-8-17/h5-9,11-12H,10H2,1-4H3,(H,21,25)(H,23,26)/b22-11-. The Hall–Kier alpha value is -2.41. The van der Waals surface area contributed by atoms with E-state index in [4.69, 9.17) is 0 Å². The summed E-state index contributed by atoms with van der Waals surface area (Å²) in [7, 11) is 0. The molecule has 0 fully saturated rings. The Morgan fingerprint density at radius 2 is 1.85 bits per heavy atom. The van der Waals surface area contributed by atoms with Crippen LogP contribution in [0.5, 0.6) is 0 Å². The summed E-state index contributed by atoms with van der Waals surface area (Å²) in [5.74, 6) is -1.18. The largest absolute Gasteiger partial charge is 0.348 e. The molecule has 6 nitrogen and oxygen atoms in total. The van der Waals surface area contributed by atoms with Crippen molar-refractivity contribution in [3.05, 3.63) is 51.8 Å². The lowest BCUT2D eigenvalue weighted by Crippen LogP contribution is -2.39. The van der Waals surface area contributed by atoms with Crippen molar-refractivity contribution in [2.75, 3.05) is 6.54 Å². The van der Waals surface area contributed by atoms with Gasteiger partial charge in [-0.3, -0.25) is 9.59 Å². The van der Waals surface area contributed by atoms with Crippen LogP contribution in [0.1, 0.15) is 30.8 Å². The van der Waals surface area contributed by atoms with E-state index in [0.29, 0.717) is 6.54 Å². The van der Waals surface area contributed by atoms with Gasteiger partial charge < -0.3 is 9.88 Å². The molecule has 0 spiro atoms. The highest BCUT2D eigenvalue weighted by Crippen LogP contribution is 2.21. The van der Waals surface area contributed by atoms with E-state index in [1.807, 2.05) is 58.0 Å². The van der Waals surface area contributed by atoms with Crippen LogP contribution in [0.4, 0.5) is 0 Å². The number of nitrogens with one attached hydrogen (secondary N) is 2. The minimum Gasteiger partial charge on any atom is -0.348 e. The molecule has 26 heavy (non-hydrogen) atoms. The van der Waals surface area contributed by atoms with Gasteiger partial charge in [-0.1, -0.05) is 29.8 Å². The van der Waals surface area contributed by atoms with Gasteiger partial charge in [0.05, 0.1) is 6.21 Å². The molecule has 2 rings (SSSR count). The van der Waals surface area contributed by atoms with E-state index in [1.165, 1.54) is 0 Å². The van der Waals surface area contributed by atoms with Crippen molar-refractivity contribution >= 4 is 34.0 Å². The number of carbonyl (C=O) groups excluding carboxylic acids is 2. The van der Waals surface area contributed by atoms with Gasteiger partial charge in [0.25, 0.3) is 0 Å². The zero-order chi connectivity index (χ0) is 19.3. The van der Waals surface area contributed by atoms with E-state index in [9.17, 15) is 9.59 Å². The summed E-state index contributed by atoms with van der Waals surface area (Å²) in [6.45, 7) is 8.34. The normalized spacial score (nSPS) is 11.2. The van der Waals surface area contributed by atoms with E-state index in [0.717, 1.165) is 27.1 Å². The van der Waals surface area contributed by atoms with Gasteiger partial charge in [0.1, 0.15) is 0 Å². The lowest BCUT2D eigenvalue weighted by atomic mass is 10.2. The first-order valence-electron chi connectivity index (χ1n) is 8.35. The number of halogens is 1. The highest BCUT2D eigenvalue weighted by molar-refractivity contribution is 9.10. The number of nitrogens with zero attached hydrogens (tertiary/aromatic N) is 2. The predicted octanol–water partition coefficient (Wildman–Crippen LogP) is 3.08. The van der Waals surface area contributed by atoms with E-state index >= 15 is 0 Å². The molecule has 2 N–H and O–H groups in total. The molecule has 7 heteroatoms. The van der Waals surface area contributed by atoms with Crippen LogP contribution in [0.15, 0.2) is 39.9 Å². The first-order chi connectivity index (χ1) is 12.3. The van der Waals surface area contributed by atoms with Crippen LogP contribution >= 0.6 is 15.9 Å². The molecule has 0 saturated heterocycles. The molecule has 0 atom stereocenters. The Balaban J connectivity index is 2.07. The topological polar surface area (TPSA) is 75.5 Å². The summed E-state index contributed by atoms with van der Waals surface area (Å²) < 4.78 is 3.12. The molecular formula is C19H23BrN4O2. The molecule has 0 saturated carbocycles. The van der Waals surface area contributed by atoms with Crippen molar-refractivity contribution in [3.63, 3.8) is 0 Å². The van der Waals surface area contributed by atoms with Crippen molar-refractivity contribution < 1.29 is 9.59 Å². The minimum atomic E-state index is -0.774. The monoisotopic (exact) mass is 418 g/mol. The van der Waals surface area contributed by atoms with Gasteiger partial charge in [-0.2, -0.15) is 5.10 Å². The van der Waals surface area contributed by atoms with E-state index in [1.54, 1.807) is 6.21 Å². The summed E-state index contributed by atoms with van der Waals surface area (Å²) >= 11 is 3.44. The minimum absolute atomic E-state index is 0.277. The fourth-order valence-electron chi connectivity index (χ4n) is 2.49. The van der Waals surface area contributed by atoms with Crippen molar-refractivity contribution in [2.24, 2.45) is 11.0 Å². The molecule has 138 valence electrons. The van der Waals surface area contributed by atoms with Crippen LogP contribution in [-0.2, 0) is 9.59 Å². The second-order valence-electron chi connectivity index (χ2n) is 6.44. The number of amides is 2. The Labute approximate surface area is 161 Å². The maximum atomic E-state index is 11.7. The fourth-order valence-corrected chi connectivity index (χ4v) is 2.76.